The second kappa shape index (κ2) is 5.83. The van der Waals surface area contributed by atoms with Crippen LogP contribution in [0.1, 0.15) is 0 Å². The van der Waals surface area contributed by atoms with Gasteiger partial charge in [0, 0.05) is 28.3 Å². The van der Waals surface area contributed by atoms with Crippen molar-refractivity contribution in [2.75, 3.05) is 6.54 Å². The molecule has 0 unspecified atom stereocenters. The largest absolute Gasteiger partial charge is 0.465 e. The Labute approximate surface area is 117 Å². The average Bonchev–Trinajstić information content (AvgIpc) is 2.80. The number of nitrogens with one attached hydrogen (secondary N) is 1. The van der Waals surface area contributed by atoms with Crippen LogP contribution in [0.3, 0.4) is 0 Å². The fraction of sp³-hybridized carbons (Fsp3) is 0.167. The lowest BCUT2D eigenvalue weighted by Gasteiger charge is -2.02. The Kier molecular flexibility index (Phi) is 4.16. The zero-order chi connectivity index (χ0) is 13.8. The highest BCUT2D eigenvalue weighted by Gasteiger charge is 2.08. The van der Waals surface area contributed by atoms with Crippen LogP contribution in [0.4, 0.5) is 9.18 Å². The van der Waals surface area contributed by atoms with Crippen LogP contribution < -0.4 is 5.32 Å². The summed E-state index contributed by atoms with van der Waals surface area (Å²) in [6.07, 6.45) is 2.14. The van der Waals surface area contributed by atoms with E-state index in [0.29, 0.717) is 17.7 Å². The monoisotopic (exact) mass is 327 g/mol. The summed E-state index contributed by atoms with van der Waals surface area (Å²) in [6, 6.07) is 4.68. The molecule has 0 saturated carbocycles. The van der Waals surface area contributed by atoms with Crippen LogP contribution in [-0.4, -0.2) is 27.5 Å². The Hall–Kier alpha value is -1.89. The van der Waals surface area contributed by atoms with Gasteiger partial charge in [-0.15, -0.1) is 0 Å². The third-order valence-electron chi connectivity index (χ3n) is 2.49. The van der Waals surface area contributed by atoms with E-state index in [4.69, 9.17) is 5.11 Å². The topological polar surface area (TPSA) is 67.2 Å². The van der Waals surface area contributed by atoms with E-state index in [1.807, 2.05) is 0 Å². The van der Waals surface area contributed by atoms with E-state index >= 15 is 0 Å². The Bertz CT molecular complexity index is 600. The third-order valence-corrected chi connectivity index (χ3v) is 2.98. The summed E-state index contributed by atoms with van der Waals surface area (Å²) >= 11 is 3.29. The molecule has 7 heteroatoms. The molecule has 2 N–H and O–H groups in total. The maximum absolute atomic E-state index is 13.7. The van der Waals surface area contributed by atoms with E-state index in [1.165, 1.54) is 6.07 Å². The standard InChI is InChI=1S/C12H11BrFN3O2/c13-9-1-2-11(14)10(5-9)8-6-16-17(7-8)4-3-15-12(18)19/h1-2,5-7,15H,3-4H2,(H,18,19). The van der Waals surface area contributed by atoms with Crippen LogP contribution >= 0.6 is 15.9 Å². The van der Waals surface area contributed by atoms with E-state index in [1.54, 1.807) is 29.2 Å². The summed E-state index contributed by atoms with van der Waals surface area (Å²) < 4.78 is 16.0. The van der Waals surface area contributed by atoms with Crippen molar-refractivity contribution < 1.29 is 14.3 Å². The zero-order valence-electron chi connectivity index (χ0n) is 9.81. The fourth-order valence-electron chi connectivity index (χ4n) is 1.62. The number of nitrogens with zero attached hydrogens (tertiary/aromatic N) is 2. The molecule has 1 amide bonds. The maximum Gasteiger partial charge on any atom is 0.404 e. The predicted molar refractivity (Wildman–Crippen MR) is 71.3 cm³/mol. The lowest BCUT2D eigenvalue weighted by atomic mass is 10.1. The molecular formula is C12H11BrFN3O2. The second-order valence-corrected chi connectivity index (χ2v) is 4.76. The van der Waals surface area contributed by atoms with Crippen LogP contribution in [0.2, 0.25) is 0 Å². The molecule has 0 aliphatic carbocycles. The number of benzene rings is 1. The van der Waals surface area contributed by atoms with Crippen LogP contribution in [-0.2, 0) is 6.54 Å². The molecule has 2 aromatic rings. The summed E-state index contributed by atoms with van der Waals surface area (Å²) in [7, 11) is 0. The Morgan fingerprint density at radius 1 is 1.53 bits per heavy atom. The van der Waals surface area contributed by atoms with Gasteiger partial charge in [-0.3, -0.25) is 4.68 Å². The van der Waals surface area contributed by atoms with Gasteiger partial charge in [-0.25, -0.2) is 9.18 Å². The third kappa shape index (κ3) is 3.54. The molecule has 0 spiro atoms. The number of carbonyl (C=O) groups is 1. The first-order chi connectivity index (χ1) is 9.06. The first-order valence-corrected chi connectivity index (χ1v) is 6.30. The van der Waals surface area contributed by atoms with Crippen LogP contribution in [0.25, 0.3) is 11.1 Å². The first-order valence-electron chi connectivity index (χ1n) is 5.51. The fourth-order valence-corrected chi connectivity index (χ4v) is 1.98. The lowest BCUT2D eigenvalue weighted by molar-refractivity contribution is 0.194. The normalized spacial score (nSPS) is 10.4. The van der Waals surface area contributed by atoms with Gasteiger partial charge < -0.3 is 10.4 Å². The Balaban J connectivity index is 2.12. The van der Waals surface area contributed by atoms with Crippen molar-refractivity contribution in [3.8, 4) is 11.1 Å². The molecule has 100 valence electrons. The minimum Gasteiger partial charge on any atom is -0.465 e. The number of hydrogen-bond acceptors (Lipinski definition) is 2. The van der Waals surface area contributed by atoms with Crippen molar-refractivity contribution in [3.63, 3.8) is 0 Å². The Morgan fingerprint density at radius 2 is 2.32 bits per heavy atom. The molecule has 0 aliphatic heterocycles. The molecule has 0 fully saturated rings. The minimum atomic E-state index is -1.08. The van der Waals surface area contributed by atoms with Crippen molar-refractivity contribution in [1.82, 2.24) is 15.1 Å². The molecule has 0 bridgehead atoms. The molecule has 19 heavy (non-hydrogen) atoms. The van der Waals surface area contributed by atoms with Gasteiger partial charge in [-0.1, -0.05) is 15.9 Å². The van der Waals surface area contributed by atoms with E-state index in [-0.39, 0.29) is 12.4 Å². The highest BCUT2D eigenvalue weighted by atomic mass is 79.9. The molecule has 0 radical (unpaired) electrons. The number of rotatable bonds is 4. The van der Waals surface area contributed by atoms with Crippen molar-refractivity contribution in [1.29, 1.82) is 0 Å². The predicted octanol–water partition coefficient (Wildman–Crippen LogP) is 2.72. The van der Waals surface area contributed by atoms with Crippen LogP contribution in [0.5, 0.6) is 0 Å². The summed E-state index contributed by atoms with van der Waals surface area (Å²) in [4.78, 5) is 10.3. The number of hydrogen-bond donors (Lipinski definition) is 2. The van der Waals surface area contributed by atoms with E-state index in [0.717, 1.165) is 4.47 Å². The second-order valence-electron chi connectivity index (χ2n) is 3.85. The SMILES string of the molecule is O=C(O)NCCn1cc(-c2cc(Br)ccc2F)cn1. The molecule has 1 aromatic carbocycles. The summed E-state index contributed by atoms with van der Waals surface area (Å²) in [5, 5.41) is 14.7. The van der Waals surface area contributed by atoms with Gasteiger partial charge in [0.15, 0.2) is 0 Å². The van der Waals surface area contributed by atoms with Gasteiger partial charge >= 0.3 is 6.09 Å². The average molecular weight is 328 g/mol. The first kappa shape index (κ1) is 13.5. The molecular weight excluding hydrogens is 317 g/mol. The minimum absolute atomic E-state index is 0.247. The van der Waals surface area contributed by atoms with Gasteiger partial charge in [-0.05, 0) is 18.2 Å². The van der Waals surface area contributed by atoms with Crippen molar-refractivity contribution in [3.05, 3.63) is 40.9 Å². The van der Waals surface area contributed by atoms with E-state index < -0.39 is 6.09 Å². The van der Waals surface area contributed by atoms with Gasteiger partial charge in [0.05, 0.1) is 12.7 Å². The zero-order valence-corrected chi connectivity index (χ0v) is 11.4. The molecule has 1 heterocycles. The molecule has 1 aromatic heterocycles. The lowest BCUT2D eigenvalue weighted by Crippen LogP contribution is -2.25. The molecule has 0 saturated heterocycles. The van der Waals surface area contributed by atoms with Crippen LogP contribution in [0, 0.1) is 5.82 Å². The number of amides is 1. The van der Waals surface area contributed by atoms with Crippen molar-refractivity contribution >= 4 is 22.0 Å². The highest BCUT2D eigenvalue weighted by molar-refractivity contribution is 9.10. The maximum atomic E-state index is 13.7. The summed E-state index contributed by atoms with van der Waals surface area (Å²) in [5.41, 5.74) is 1.10. The van der Waals surface area contributed by atoms with E-state index in [2.05, 4.69) is 26.3 Å². The smallest absolute Gasteiger partial charge is 0.404 e. The summed E-state index contributed by atoms with van der Waals surface area (Å²) in [5.74, 6) is -0.327. The van der Waals surface area contributed by atoms with E-state index in [9.17, 15) is 9.18 Å². The highest BCUT2D eigenvalue weighted by Crippen LogP contribution is 2.25. The number of halogens is 2. The van der Waals surface area contributed by atoms with Gasteiger partial charge in [0.1, 0.15) is 5.82 Å². The summed E-state index contributed by atoms with van der Waals surface area (Å²) in [6.45, 7) is 0.638. The van der Waals surface area contributed by atoms with Gasteiger partial charge in [0.25, 0.3) is 0 Å². The Morgan fingerprint density at radius 3 is 3.05 bits per heavy atom. The quantitative estimate of drug-likeness (QED) is 0.907. The molecule has 0 atom stereocenters. The van der Waals surface area contributed by atoms with Crippen LogP contribution in [0.15, 0.2) is 35.1 Å². The van der Waals surface area contributed by atoms with Crippen molar-refractivity contribution in [2.24, 2.45) is 0 Å². The number of carboxylic acid groups (broad SMARTS) is 1. The van der Waals surface area contributed by atoms with Gasteiger partial charge in [0.2, 0.25) is 0 Å². The molecule has 5 nitrogen and oxygen atoms in total. The number of aromatic nitrogens is 2. The van der Waals surface area contributed by atoms with Crippen molar-refractivity contribution in [2.45, 2.75) is 6.54 Å². The molecule has 0 aliphatic rings. The molecule has 2 rings (SSSR count). The van der Waals surface area contributed by atoms with Gasteiger partial charge in [-0.2, -0.15) is 5.10 Å².